The van der Waals surface area contributed by atoms with Gasteiger partial charge in [0.25, 0.3) is 5.91 Å². The molecule has 0 heterocycles. The van der Waals surface area contributed by atoms with Gasteiger partial charge in [-0.15, -0.1) is 0 Å². The summed E-state index contributed by atoms with van der Waals surface area (Å²) < 4.78 is 0. The van der Waals surface area contributed by atoms with Crippen LogP contribution in [-0.2, 0) is 4.79 Å². The minimum absolute atomic E-state index is 0.0696. The summed E-state index contributed by atoms with van der Waals surface area (Å²) in [5, 5.41) is 5.72. The summed E-state index contributed by atoms with van der Waals surface area (Å²) in [4.78, 5) is 24.0. The summed E-state index contributed by atoms with van der Waals surface area (Å²) in [5.74, 6) is 0.380. The highest BCUT2D eigenvalue weighted by molar-refractivity contribution is 5.98. The van der Waals surface area contributed by atoms with Crippen molar-refractivity contribution in [2.75, 3.05) is 11.9 Å². The van der Waals surface area contributed by atoms with E-state index < -0.39 is 5.41 Å². The van der Waals surface area contributed by atoms with Gasteiger partial charge in [0.15, 0.2) is 0 Å². The second-order valence-electron chi connectivity index (χ2n) is 6.72. The highest BCUT2D eigenvalue weighted by atomic mass is 16.2. The highest BCUT2D eigenvalue weighted by Crippen LogP contribution is 2.18. The molecule has 0 aliphatic heterocycles. The van der Waals surface area contributed by atoms with Gasteiger partial charge in [-0.25, -0.2) is 0 Å². The fraction of sp³-hybridized carbons (Fsp3) is 0.529. The lowest BCUT2D eigenvalue weighted by molar-refractivity contribution is -0.123. The summed E-state index contributed by atoms with van der Waals surface area (Å²) in [6.45, 7) is 10.5. The number of benzene rings is 1. The predicted molar refractivity (Wildman–Crippen MR) is 86.3 cm³/mol. The number of hydrogen-bond acceptors (Lipinski definition) is 2. The monoisotopic (exact) mass is 290 g/mol. The molecule has 21 heavy (non-hydrogen) atoms. The Labute approximate surface area is 127 Å². The first-order chi connectivity index (χ1) is 9.70. The Morgan fingerprint density at radius 2 is 1.86 bits per heavy atom. The van der Waals surface area contributed by atoms with E-state index in [0.717, 1.165) is 6.42 Å². The zero-order valence-corrected chi connectivity index (χ0v) is 13.6. The van der Waals surface area contributed by atoms with Crippen molar-refractivity contribution >= 4 is 17.5 Å². The lowest BCUT2D eigenvalue weighted by Crippen LogP contribution is -2.28. The second-order valence-corrected chi connectivity index (χ2v) is 6.72. The molecule has 4 nitrogen and oxygen atoms in total. The van der Waals surface area contributed by atoms with Crippen molar-refractivity contribution in [2.45, 2.75) is 41.0 Å². The zero-order chi connectivity index (χ0) is 16.0. The molecule has 1 rings (SSSR count). The largest absolute Gasteiger partial charge is 0.352 e. The molecule has 0 aromatic heterocycles. The van der Waals surface area contributed by atoms with E-state index in [1.807, 2.05) is 20.8 Å². The Morgan fingerprint density at radius 3 is 2.43 bits per heavy atom. The molecule has 116 valence electrons. The maximum atomic E-state index is 12.0. The molecule has 0 bridgehead atoms. The fourth-order valence-corrected chi connectivity index (χ4v) is 1.63. The summed E-state index contributed by atoms with van der Waals surface area (Å²) in [7, 11) is 0. The summed E-state index contributed by atoms with van der Waals surface area (Å²) in [5.41, 5.74) is 0.743. The van der Waals surface area contributed by atoms with E-state index in [9.17, 15) is 9.59 Å². The van der Waals surface area contributed by atoms with Gasteiger partial charge in [-0.3, -0.25) is 9.59 Å². The molecule has 2 amide bonds. The van der Waals surface area contributed by atoms with Crippen molar-refractivity contribution in [1.29, 1.82) is 0 Å². The van der Waals surface area contributed by atoms with E-state index in [-0.39, 0.29) is 11.8 Å². The zero-order valence-electron chi connectivity index (χ0n) is 13.6. The highest BCUT2D eigenvalue weighted by Gasteiger charge is 2.21. The molecule has 1 aromatic rings. The molecule has 0 saturated carbocycles. The molecule has 0 unspecified atom stereocenters. The van der Waals surface area contributed by atoms with Crippen molar-refractivity contribution in [3.63, 3.8) is 0 Å². The SMILES string of the molecule is CC(C)CCNC(=O)c1cccc(NC(=O)C(C)(C)C)c1. The number of carbonyl (C=O) groups is 2. The van der Waals surface area contributed by atoms with Crippen LogP contribution in [0.3, 0.4) is 0 Å². The van der Waals surface area contributed by atoms with Crippen molar-refractivity contribution in [3.8, 4) is 0 Å². The maximum Gasteiger partial charge on any atom is 0.251 e. The van der Waals surface area contributed by atoms with Crippen LogP contribution in [0.5, 0.6) is 0 Å². The molecule has 0 radical (unpaired) electrons. The van der Waals surface area contributed by atoms with Gasteiger partial charge < -0.3 is 10.6 Å². The van der Waals surface area contributed by atoms with Crippen LogP contribution in [-0.4, -0.2) is 18.4 Å². The predicted octanol–water partition coefficient (Wildman–Crippen LogP) is 3.45. The quantitative estimate of drug-likeness (QED) is 0.872. The van der Waals surface area contributed by atoms with E-state index in [4.69, 9.17) is 0 Å². The van der Waals surface area contributed by atoms with Crippen molar-refractivity contribution in [1.82, 2.24) is 5.32 Å². The summed E-state index contributed by atoms with van der Waals surface area (Å²) >= 11 is 0. The molecule has 0 spiro atoms. The van der Waals surface area contributed by atoms with Crippen LogP contribution in [0.25, 0.3) is 0 Å². The number of anilines is 1. The second kappa shape index (κ2) is 7.25. The van der Waals surface area contributed by atoms with E-state index in [2.05, 4.69) is 24.5 Å². The Kier molecular flexibility index (Phi) is 5.94. The third kappa shape index (κ3) is 5.98. The Bertz CT molecular complexity index is 502. The minimum Gasteiger partial charge on any atom is -0.352 e. The topological polar surface area (TPSA) is 58.2 Å². The molecule has 0 aliphatic carbocycles. The van der Waals surface area contributed by atoms with Crippen LogP contribution in [0, 0.1) is 11.3 Å². The number of hydrogen-bond donors (Lipinski definition) is 2. The first-order valence-electron chi connectivity index (χ1n) is 7.40. The average Bonchev–Trinajstić information content (AvgIpc) is 2.37. The Balaban J connectivity index is 2.68. The standard InChI is InChI=1S/C17H26N2O2/c1-12(2)9-10-18-15(20)13-7-6-8-14(11-13)19-16(21)17(3,4)5/h6-8,11-12H,9-10H2,1-5H3,(H,18,20)(H,19,21). The normalized spacial score (nSPS) is 11.3. The molecule has 0 aliphatic rings. The summed E-state index contributed by atoms with van der Waals surface area (Å²) in [6, 6.07) is 7.01. The molecule has 0 saturated heterocycles. The van der Waals surface area contributed by atoms with E-state index in [1.54, 1.807) is 24.3 Å². The van der Waals surface area contributed by atoms with Crippen molar-refractivity contribution in [3.05, 3.63) is 29.8 Å². The van der Waals surface area contributed by atoms with Crippen LogP contribution in [0.15, 0.2) is 24.3 Å². The van der Waals surface area contributed by atoms with Gasteiger partial charge >= 0.3 is 0 Å². The molecule has 0 fully saturated rings. The Morgan fingerprint density at radius 1 is 1.19 bits per heavy atom. The van der Waals surface area contributed by atoms with Gasteiger partial charge in [0.2, 0.25) is 5.91 Å². The Hall–Kier alpha value is -1.84. The lowest BCUT2D eigenvalue weighted by Gasteiger charge is -2.18. The minimum atomic E-state index is -0.463. The van der Waals surface area contributed by atoms with E-state index in [1.165, 1.54) is 0 Å². The first kappa shape index (κ1) is 17.2. The van der Waals surface area contributed by atoms with Crippen molar-refractivity contribution < 1.29 is 9.59 Å². The van der Waals surface area contributed by atoms with Gasteiger partial charge in [-0.05, 0) is 30.5 Å². The fourth-order valence-electron chi connectivity index (χ4n) is 1.63. The van der Waals surface area contributed by atoms with Crippen LogP contribution in [0.4, 0.5) is 5.69 Å². The molecule has 1 aromatic carbocycles. The van der Waals surface area contributed by atoms with Gasteiger partial charge in [-0.2, -0.15) is 0 Å². The van der Waals surface area contributed by atoms with Gasteiger partial charge in [0, 0.05) is 23.2 Å². The van der Waals surface area contributed by atoms with Crippen LogP contribution in [0.2, 0.25) is 0 Å². The number of amides is 2. The first-order valence-corrected chi connectivity index (χ1v) is 7.40. The van der Waals surface area contributed by atoms with Crippen molar-refractivity contribution in [2.24, 2.45) is 11.3 Å². The van der Waals surface area contributed by atoms with Gasteiger partial charge in [0.05, 0.1) is 0 Å². The smallest absolute Gasteiger partial charge is 0.251 e. The molecule has 2 N–H and O–H groups in total. The van der Waals surface area contributed by atoms with Crippen LogP contribution < -0.4 is 10.6 Å². The third-order valence-corrected chi connectivity index (χ3v) is 3.07. The molecule has 4 heteroatoms. The van der Waals surface area contributed by atoms with E-state index >= 15 is 0 Å². The molecule has 0 atom stereocenters. The van der Waals surface area contributed by atoms with E-state index in [0.29, 0.717) is 23.7 Å². The summed E-state index contributed by atoms with van der Waals surface area (Å²) in [6.07, 6.45) is 0.951. The van der Waals surface area contributed by atoms with Crippen LogP contribution in [0.1, 0.15) is 51.4 Å². The number of carbonyl (C=O) groups excluding carboxylic acids is 2. The van der Waals surface area contributed by atoms with Gasteiger partial charge in [-0.1, -0.05) is 40.7 Å². The molecular formula is C17H26N2O2. The third-order valence-electron chi connectivity index (χ3n) is 3.07. The van der Waals surface area contributed by atoms with Gasteiger partial charge in [0.1, 0.15) is 0 Å². The maximum absolute atomic E-state index is 12.0. The number of nitrogens with one attached hydrogen (secondary N) is 2. The van der Waals surface area contributed by atoms with Crippen LogP contribution >= 0.6 is 0 Å². The molecular weight excluding hydrogens is 264 g/mol. The number of rotatable bonds is 5. The lowest BCUT2D eigenvalue weighted by atomic mass is 9.95. The average molecular weight is 290 g/mol.